The third-order valence-electron chi connectivity index (χ3n) is 4.81. The lowest BCUT2D eigenvalue weighted by molar-refractivity contribution is 0.249. The van der Waals surface area contributed by atoms with Gasteiger partial charge in [0.05, 0.1) is 0 Å². The zero-order valence-electron chi connectivity index (χ0n) is 15.0. The molecule has 0 spiro atoms. The molecule has 0 amide bonds. The molecule has 0 atom stereocenters. The summed E-state index contributed by atoms with van der Waals surface area (Å²) in [5.41, 5.74) is 4.98. The van der Waals surface area contributed by atoms with Gasteiger partial charge in [-0.2, -0.15) is 8.42 Å². The van der Waals surface area contributed by atoms with Crippen molar-refractivity contribution in [2.45, 2.75) is 20.4 Å². The fourth-order valence-electron chi connectivity index (χ4n) is 3.25. The van der Waals surface area contributed by atoms with E-state index in [1.54, 1.807) is 12.1 Å². The molecule has 0 N–H and O–H groups in total. The van der Waals surface area contributed by atoms with Crippen molar-refractivity contribution in [3.63, 3.8) is 0 Å². The van der Waals surface area contributed by atoms with Gasteiger partial charge < -0.3 is 9.08 Å². The SMILES string of the molecule is Cc1cccc(N2CCN(Cc3ccc(OS(=O)(=O)F)cc3)CC2)c1C. The molecule has 3 rings (SSSR count). The Bertz CT molecular complexity index is 861. The number of aryl methyl sites for hydroxylation is 1. The van der Waals surface area contributed by atoms with E-state index in [0.717, 1.165) is 38.3 Å². The summed E-state index contributed by atoms with van der Waals surface area (Å²) >= 11 is 0. The molecule has 2 aromatic rings. The Morgan fingerprint density at radius 3 is 2.27 bits per heavy atom. The Morgan fingerprint density at radius 1 is 1.00 bits per heavy atom. The van der Waals surface area contributed by atoms with Gasteiger partial charge in [0.1, 0.15) is 5.75 Å². The minimum absolute atomic E-state index is 0.0176. The van der Waals surface area contributed by atoms with Crippen LogP contribution in [0.15, 0.2) is 42.5 Å². The van der Waals surface area contributed by atoms with Crippen molar-refractivity contribution in [2.24, 2.45) is 0 Å². The lowest BCUT2D eigenvalue weighted by Crippen LogP contribution is -2.46. The van der Waals surface area contributed by atoms with E-state index in [-0.39, 0.29) is 5.75 Å². The van der Waals surface area contributed by atoms with Crippen LogP contribution in [0.5, 0.6) is 5.75 Å². The van der Waals surface area contributed by atoms with Gasteiger partial charge in [0, 0.05) is 38.4 Å². The smallest absolute Gasteiger partial charge is 0.369 e. The molecule has 0 saturated carbocycles. The first-order valence-corrected chi connectivity index (χ1v) is 9.89. The molecule has 0 radical (unpaired) electrons. The van der Waals surface area contributed by atoms with Crippen LogP contribution in [0.25, 0.3) is 0 Å². The first-order chi connectivity index (χ1) is 12.3. The van der Waals surface area contributed by atoms with Crippen LogP contribution in [0.3, 0.4) is 0 Å². The first kappa shape index (κ1) is 18.7. The molecule has 0 unspecified atom stereocenters. The number of hydrogen-bond acceptors (Lipinski definition) is 5. The Kier molecular flexibility index (Phi) is 5.48. The van der Waals surface area contributed by atoms with Crippen molar-refractivity contribution in [2.75, 3.05) is 31.1 Å². The van der Waals surface area contributed by atoms with Gasteiger partial charge in [-0.3, -0.25) is 4.90 Å². The minimum atomic E-state index is -4.97. The summed E-state index contributed by atoms with van der Waals surface area (Å²) in [5.74, 6) is -0.0176. The number of rotatable bonds is 5. The van der Waals surface area contributed by atoms with Crippen molar-refractivity contribution < 1.29 is 16.5 Å². The van der Waals surface area contributed by atoms with Crippen molar-refractivity contribution in [3.05, 3.63) is 59.2 Å². The van der Waals surface area contributed by atoms with Gasteiger partial charge >= 0.3 is 10.5 Å². The maximum Gasteiger partial charge on any atom is 0.488 e. The summed E-state index contributed by atoms with van der Waals surface area (Å²) in [4.78, 5) is 4.77. The molecule has 140 valence electrons. The molecule has 0 bridgehead atoms. The molecular weight excluding hydrogens is 355 g/mol. The van der Waals surface area contributed by atoms with Crippen LogP contribution >= 0.6 is 0 Å². The largest absolute Gasteiger partial charge is 0.488 e. The number of halogens is 1. The predicted molar refractivity (Wildman–Crippen MR) is 101 cm³/mol. The molecule has 1 aliphatic rings. The number of nitrogens with zero attached hydrogens (tertiary/aromatic N) is 2. The number of piperazine rings is 1. The van der Waals surface area contributed by atoms with E-state index >= 15 is 0 Å². The maximum atomic E-state index is 12.5. The van der Waals surface area contributed by atoms with Crippen LogP contribution in [0.1, 0.15) is 16.7 Å². The highest BCUT2D eigenvalue weighted by atomic mass is 32.3. The second kappa shape index (κ2) is 7.63. The van der Waals surface area contributed by atoms with Crippen LogP contribution in [0.4, 0.5) is 9.57 Å². The summed E-state index contributed by atoms with van der Waals surface area (Å²) in [7, 11) is -4.97. The van der Waals surface area contributed by atoms with Gasteiger partial charge in [-0.05, 0) is 48.7 Å². The molecular formula is C19H23FN2O3S. The first-order valence-electron chi connectivity index (χ1n) is 8.58. The van der Waals surface area contributed by atoms with E-state index in [2.05, 4.69) is 46.0 Å². The van der Waals surface area contributed by atoms with Crippen LogP contribution in [0.2, 0.25) is 0 Å². The van der Waals surface area contributed by atoms with Crippen molar-refractivity contribution in [3.8, 4) is 5.75 Å². The van der Waals surface area contributed by atoms with Crippen LogP contribution in [-0.4, -0.2) is 39.5 Å². The molecule has 1 saturated heterocycles. The van der Waals surface area contributed by atoms with Gasteiger partial charge in [-0.15, -0.1) is 0 Å². The highest BCUT2D eigenvalue weighted by Crippen LogP contribution is 2.24. The van der Waals surface area contributed by atoms with Gasteiger partial charge in [-0.1, -0.05) is 28.2 Å². The lowest BCUT2D eigenvalue weighted by atomic mass is 10.1. The highest BCUT2D eigenvalue weighted by Gasteiger charge is 2.19. The van der Waals surface area contributed by atoms with E-state index in [9.17, 15) is 12.3 Å². The zero-order valence-corrected chi connectivity index (χ0v) is 15.8. The Morgan fingerprint density at radius 2 is 1.65 bits per heavy atom. The monoisotopic (exact) mass is 378 g/mol. The van der Waals surface area contributed by atoms with E-state index < -0.39 is 10.5 Å². The molecule has 0 aromatic heterocycles. The van der Waals surface area contributed by atoms with E-state index in [4.69, 9.17) is 0 Å². The molecule has 5 nitrogen and oxygen atoms in total. The Hall–Kier alpha value is -2.12. The van der Waals surface area contributed by atoms with E-state index in [1.165, 1.54) is 28.9 Å². The van der Waals surface area contributed by atoms with Crippen molar-refractivity contribution >= 4 is 16.2 Å². The molecule has 1 fully saturated rings. The summed E-state index contributed by atoms with van der Waals surface area (Å²) in [6, 6.07) is 12.9. The quantitative estimate of drug-likeness (QED) is 0.748. The fourth-order valence-corrected chi connectivity index (χ4v) is 3.59. The van der Waals surface area contributed by atoms with Crippen LogP contribution < -0.4 is 9.08 Å². The topological polar surface area (TPSA) is 49.9 Å². The third-order valence-corrected chi connectivity index (χ3v) is 5.21. The standard InChI is InChI=1S/C19H23FN2O3S/c1-15-4-3-5-19(16(15)2)22-12-10-21(11-13-22)14-17-6-8-18(9-7-17)25-26(20,23)24/h3-9H,10-14H2,1-2H3. The lowest BCUT2D eigenvalue weighted by Gasteiger charge is -2.37. The Balaban J connectivity index is 1.56. The second-order valence-corrected chi connectivity index (χ2v) is 7.56. The summed E-state index contributed by atoms with van der Waals surface area (Å²) in [6.07, 6.45) is 0. The Labute approximate surface area is 154 Å². The van der Waals surface area contributed by atoms with Crippen molar-refractivity contribution in [1.82, 2.24) is 4.90 Å². The van der Waals surface area contributed by atoms with Gasteiger partial charge in [0.2, 0.25) is 0 Å². The fraction of sp³-hybridized carbons (Fsp3) is 0.368. The van der Waals surface area contributed by atoms with Crippen LogP contribution in [0, 0.1) is 13.8 Å². The van der Waals surface area contributed by atoms with Crippen molar-refractivity contribution in [1.29, 1.82) is 0 Å². The molecule has 26 heavy (non-hydrogen) atoms. The summed E-state index contributed by atoms with van der Waals surface area (Å²) in [5, 5.41) is 0. The van der Waals surface area contributed by atoms with Gasteiger partial charge in [0.25, 0.3) is 0 Å². The normalized spacial score (nSPS) is 15.9. The van der Waals surface area contributed by atoms with E-state index in [1.807, 2.05) is 0 Å². The summed E-state index contributed by atoms with van der Waals surface area (Å²) in [6.45, 7) is 8.89. The molecule has 7 heteroatoms. The average Bonchev–Trinajstić information content (AvgIpc) is 2.59. The number of hydrogen-bond donors (Lipinski definition) is 0. The highest BCUT2D eigenvalue weighted by molar-refractivity contribution is 7.81. The predicted octanol–water partition coefficient (Wildman–Crippen LogP) is 3.22. The van der Waals surface area contributed by atoms with Crippen LogP contribution in [-0.2, 0) is 17.0 Å². The second-order valence-electron chi connectivity index (χ2n) is 6.60. The van der Waals surface area contributed by atoms with Gasteiger partial charge in [0.15, 0.2) is 0 Å². The number of anilines is 1. The zero-order chi connectivity index (χ0) is 18.7. The third kappa shape index (κ3) is 4.74. The molecule has 2 aromatic carbocycles. The molecule has 1 aliphatic heterocycles. The number of benzene rings is 2. The van der Waals surface area contributed by atoms with E-state index in [0.29, 0.717) is 0 Å². The summed E-state index contributed by atoms with van der Waals surface area (Å²) < 4.78 is 37.7. The molecule has 0 aliphatic carbocycles. The average molecular weight is 378 g/mol. The minimum Gasteiger partial charge on any atom is -0.369 e. The van der Waals surface area contributed by atoms with Gasteiger partial charge in [-0.25, -0.2) is 0 Å². The maximum absolute atomic E-state index is 12.5. The molecule has 1 heterocycles.